The van der Waals surface area contributed by atoms with Crippen LogP contribution >= 0.6 is 0 Å². The Balaban J connectivity index is 2.41. The summed E-state index contributed by atoms with van der Waals surface area (Å²) in [6.45, 7) is 5.11. The van der Waals surface area contributed by atoms with Gasteiger partial charge in [-0.2, -0.15) is 0 Å². The average molecular weight is 207 g/mol. The highest BCUT2D eigenvalue weighted by Crippen LogP contribution is 1.95. The molecule has 1 aromatic heterocycles. The molecule has 15 heavy (non-hydrogen) atoms. The topological polar surface area (TPSA) is 56.3 Å². The molecule has 0 amide bonds. The number of imidazole rings is 1. The normalized spacial score (nSPS) is 11.8. The molecule has 5 nitrogen and oxygen atoms in total. The zero-order valence-corrected chi connectivity index (χ0v) is 9.20. The van der Waals surface area contributed by atoms with Crippen LogP contribution in [0.1, 0.15) is 5.82 Å². The number of hydrogen-bond donors (Lipinski definition) is 2. The van der Waals surface area contributed by atoms with E-state index >= 15 is 0 Å². The number of hydrogen-bond acceptors (Lipinski definition) is 3. The molecule has 5 heteroatoms. The van der Waals surface area contributed by atoms with Crippen LogP contribution < -0.4 is 5.32 Å². The highest BCUT2D eigenvalue weighted by Gasteiger charge is 2.04. The molecule has 0 spiro atoms. The van der Waals surface area contributed by atoms with Crippen molar-refractivity contribution in [1.29, 1.82) is 0 Å². The fraction of sp³-hybridized carbons (Fsp3) is 0.400. The van der Waals surface area contributed by atoms with Gasteiger partial charge in [0, 0.05) is 19.4 Å². The highest BCUT2D eigenvalue weighted by molar-refractivity contribution is 5.84. The number of nitrogens with zero attached hydrogens (tertiary/aromatic N) is 3. The van der Waals surface area contributed by atoms with Crippen LogP contribution in [0.15, 0.2) is 30.2 Å². The molecule has 0 aliphatic carbocycles. The van der Waals surface area contributed by atoms with E-state index in [0.717, 1.165) is 24.7 Å². The second kappa shape index (κ2) is 5.98. The third-order valence-electron chi connectivity index (χ3n) is 1.93. The van der Waals surface area contributed by atoms with Crippen molar-refractivity contribution in [2.24, 2.45) is 4.99 Å². The zero-order chi connectivity index (χ0) is 11.1. The number of likely N-dealkylation sites (N-methyl/N-ethyl adjacent to an activating group) is 1. The number of aliphatic imine (C=N–C) groups is 1. The fourth-order valence-electron chi connectivity index (χ4n) is 1.25. The second-order valence-corrected chi connectivity index (χ2v) is 3.23. The Kier molecular flexibility index (Phi) is 4.56. The largest absolute Gasteiger partial charge is 0.350 e. The van der Waals surface area contributed by atoms with Gasteiger partial charge in [-0.3, -0.25) is 9.89 Å². The van der Waals surface area contributed by atoms with E-state index in [4.69, 9.17) is 0 Å². The van der Waals surface area contributed by atoms with Gasteiger partial charge in [-0.05, 0) is 13.2 Å². The van der Waals surface area contributed by atoms with E-state index in [1.165, 1.54) is 0 Å². The minimum absolute atomic E-state index is 0.739. The Morgan fingerprint density at radius 2 is 2.60 bits per heavy atom. The van der Waals surface area contributed by atoms with E-state index < -0.39 is 0 Å². The summed E-state index contributed by atoms with van der Waals surface area (Å²) in [5, 5.41) is 2.98. The third kappa shape index (κ3) is 3.95. The summed E-state index contributed by atoms with van der Waals surface area (Å²) in [6.07, 6.45) is 5.20. The van der Waals surface area contributed by atoms with Crippen LogP contribution in [-0.2, 0) is 6.54 Å². The molecule has 0 aromatic carbocycles. The first-order valence-electron chi connectivity index (χ1n) is 4.76. The first kappa shape index (κ1) is 11.5. The predicted octanol–water partition coefficient (Wildman–Crippen LogP) is 0.603. The quantitative estimate of drug-likeness (QED) is 0.549. The van der Waals surface area contributed by atoms with Crippen molar-refractivity contribution < 1.29 is 0 Å². The number of nitrogens with one attached hydrogen (secondary N) is 2. The maximum atomic E-state index is 4.16. The molecule has 0 aliphatic heterocycles. The van der Waals surface area contributed by atoms with E-state index in [1.54, 1.807) is 19.4 Å². The molecule has 1 aromatic rings. The number of H-pyrrole nitrogens is 1. The van der Waals surface area contributed by atoms with Crippen LogP contribution in [0.5, 0.6) is 0 Å². The number of aromatic amines is 1. The molecule has 1 rings (SSSR count). The number of aromatic nitrogens is 2. The van der Waals surface area contributed by atoms with E-state index in [1.807, 2.05) is 13.2 Å². The zero-order valence-electron chi connectivity index (χ0n) is 9.20. The van der Waals surface area contributed by atoms with Crippen molar-refractivity contribution in [3.05, 3.63) is 31.0 Å². The summed E-state index contributed by atoms with van der Waals surface area (Å²) in [6, 6.07) is 0. The molecule has 2 N–H and O–H groups in total. The SMILES string of the molecule is C=CNC(CN(C)Cc1ncc[nH]1)=NC. The summed E-state index contributed by atoms with van der Waals surface area (Å²) in [5.74, 6) is 1.84. The molecule has 82 valence electrons. The van der Waals surface area contributed by atoms with E-state index in [2.05, 4.69) is 31.8 Å². The maximum absolute atomic E-state index is 4.16. The Morgan fingerprint density at radius 3 is 3.13 bits per heavy atom. The lowest BCUT2D eigenvalue weighted by molar-refractivity contribution is 0.362. The van der Waals surface area contributed by atoms with Gasteiger partial charge in [0.1, 0.15) is 11.7 Å². The summed E-state index contributed by atoms with van der Waals surface area (Å²) >= 11 is 0. The Hall–Kier alpha value is -1.62. The molecule has 0 bridgehead atoms. The van der Waals surface area contributed by atoms with Crippen molar-refractivity contribution in [3.8, 4) is 0 Å². The summed E-state index contributed by atoms with van der Waals surface area (Å²) in [4.78, 5) is 13.4. The van der Waals surface area contributed by atoms with Gasteiger partial charge in [0.05, 0.1) is 13.1 Å². The Labute approximate surface area is 89.9 Å². The second-order valence-electron chi connectivity index (χ2n) is 3.23. The van der Waals surface area contributed by atoms with Gasteiger partial charge in [0.25, 0.3) is 0 Å². The van der Waals surface area contributed by atoms with Crippen LogP contribution in [0.2, 0.25) is 0 Å². The van der Waals surface area contributed by atoms with Crippen LogP contribution in [0.25, 0.3) is 0 Å². The van der Waals surface area contributed by atoms with E-state index in [-0.39, 0.29) is 0 Å². The van der Waals surface area contributed by atoms with Crippen LogP contribution in [-0.4, -0.2) is 41.3 Å². The lowest BCUT2D eigenvalue weighted by Crippen LogP contribution is -2.32. The number of amidine groups is 1. The lowest BCUT2D eigenvalue weighted by atomic mass is 10.4. The average Bonchev–Trinajstić information content (AvgIpc) is 2.69. The van der Waals surface area contributed by atoms with E-state index in [9.17, 15) is 0 Å². The van der Waals surface area contributed by atoms with Gasteiger partial charge in [-0.15, -0.1) is 0 Å². The van der Waals surface area contributed by atoms with Crippen LogP contribution in [0.3, 0.4) is 0 Å². The molecule has 0 unspecified atom stereocenters. The van der Waals surface area contributed by atoms with Crippen molar-refractivity contribution in [1.82, 2.24) is 20.2 Å². The minimum Gasteiger partial charge on any atom is -0.350 e. The van der Waals surface area contributed by atoms with Gasteiger partial charge >= 0.3 is 0 Å². The number of rotatable bonds is 5. The smallest absolute Gasteiger partial charge is 0.120 e. The monoisotopic (exact) mass is 207 g/mol. The van der Waals surface area contributed by atoms with Crippen LogP contribution in [0.4, 0.5) is 0 Å². The molecule has 0 radical (unpaired) electrons. The Morgan fingerprint density at radius 1 is 1.80 bits per heavy atom. The van der Waals surface area contributed by atoms with Gasteiger partial charge in [-0.1, -0.05) is 6.58 Å². The molecular formula is C10H17N5. The summed E-state index contributed by atoms with van der Waals surface area (Å²) < 4.78 is 0. The van der Waals surface area contributed by atoms with Crippen molar-refractivity contribution in [3.63, 3.8) is 0 Å². The first-order valence-corrected chi connectivity index (χ1v) is 4.76. The molecule has 1 heterocycles. The molecule has 0 fully saturated rings. The molecule has 0 saturated carbocycles. The van der Waals surface area contributed by atoms with Gasteiger partial charge in [0.2, 0.25) is 0 Å². The fourth-order valence-corrected chi connectivity index (χ4v) is 1.25. The van der Waals surface area contributed by atoms with Gasteiger partial charge in [-0.25, -0.2) is 4.98 Å². The van der Waals surface area contributed by atoms with Gasteiger partial charge in [0.15, 0.2) is 0 Å². The lowest BCUT2D eigenvalue weighted by Gasteiger charge is -2.16. The summed E-state index contributed by atoms with van der Waals surface area (Å²) in [7, 11) is 3.77. The first-order chi connectivity index (χ1) is 7.26. The molecule has 0 aliphatic rings. The Bertz CT molecular complexity index is 315. The minimum atomic E-state index is 0.739. The standard InChI is InChI=1S/C10H17N5/c1-4-12-9(11-2)7-15(3)8-10-13-5-6-14-10/h4-6H,1,7-8H2,2-3H3,(H,11,12)(H,13,14). The third-order valence-corrected chi connectivity index (χ3v) is 1.93. The van der Waals surface area contributed by atoms with Crippen molar-refractivity contribution >= 4 is 5.84 Å². The molecule has 0 atom stereocenters. The molecule has 0 saturated heterocycles. The van der Waals surface area contributed by atoms with Crippen LogP contribution in [0, 0.1) is 0 Å². The predicted molar refractivity (Wildman–Crippen MR) is 61.6 cm³/mol. The molecular weight excluding hydrogens is 190 g/mol. The highest BCUT2D eigenvalue weighted by atomic mass is 15.2. The summed E-state index contributed by atoms with van der Waals surface area (Å²) in [5.41, 5.74) is 0. The van der Waals surface area contributed by atoms with E-state index in [0.29, 0.717) is 0 Å². The maximum Gasteiger partial charge on any atom is 0.120 e. The van der Waals surface area contributed by atoms with Gasteiger partial charge < -0.3 is 10.3 Å². The van der Waals surface area contributed by atoms with Crippen molar-refractivity contribution in [2.75, 3.05) is 20.6 Å². The van der Waals surface area contributed by atoms with Crippen molar-refractivity contribution in [2.45, 2.75) is 6.54 Å².